The molecule has 8 nitrogen and oxygen atoms in total. The molecule has 140 valence electrons. The Hall–Kier alpha value is -2.48. The Bertz CT molecular complexity index is 564. The number of carbonyl (C=O) groups excluding carboxylic acids is 2. The van der Waals surface area contributed by atoms with Crippen molar-refractivity contribution in [2.45, 2.75) is 45.3 Å². The van der Waals surface area contributed by atoms with Crippen LogP contribution in [0.1, 0.15) is 38.2 Å². The van der Waals surface area contributed by atoms with Gasteiger partial charge in [-0.25, -0.2) is 4.79 Å². The highest BCUT2D eigenvalue weighted by Gasteiger charge is 2.13. The van der Waals surface area contributed by atoms with Crippen molar-refractivity contribution in [3.8, 4) is 11.5 Å². The molecule has 0 bridgehead atoms. The summed E-state index contributed by atoms with van der Waals surface area (Å²) in [5, 5.41) is 21.1. The minimum Gasteiger partial charge on any atom is -0.504 e. The topological polar surface area (TPSA) is 131 Å². The van der Waals surface area contributed by atoms with Crippen LogP contribution < -0.4 is 11.1 Å². The third kappa shape index (κ3) is 8.80. The van der Waals surface area contributed by atoms with E-state index in [-0.39, 0.29) is 24.5 Å². The number of esters is 1. The van der Waals surface area contributed by atoms with Gasteiger partial charge in [0.15, 0.2) is 11.5 Å². The number of nitrogens with one attached hydrogen (secondary N) is 1. The predicted molar refractivity (Wildman–Crippen MR) is 91.0 cm³/mol. The summed E-state index contributed by atoms with van der Waals surface area (Å²) in [5.74, 6) is -0.834. The van der Waals surface area contributed by atoms with E-state index >= 15 is 0 Å². The average Bonchev–Trinajstić information content (AvgIpc) is 2.54. The molecular weight excluding hydrogens is 328 g/mol. The van der Waals surface area contributed by atoms with Gasteiger partial charge in [-0.15, -0.1) is 0 Å². The van der Waals surface area contributed by atoms with Gasteiger partial charge in [-0.3, -0.25) is 4.79 Å². The van der Waals surface area contributed by atoms with Gasteiger partial charge in [-0.05, 0) is 43.5 Å². The van der Waals surface area contributed by atoms with Crippen molar-refractivity contribution in [1.82, 2.24) is 5.32 Å². The standard InChI is InChI=1S/C17H26N2O6/c1-12(24-16(22)5-3-2-4-9-18)25-17(23)19-10-8-13-6-7-14(20)15(21)11-13/h6-7,11-12,20-21H,2-5,8-10,18H2,1H3,(H,19,23). The van der Waals surface area contributed by atoms with Crippen LogP contribution in [0.2, 0.25) is 0 Å². The second kappa shape index (κ2) is 11.1. The molecule has 0 aromatic heterocycles. The first-order chi connectivity index (χ1) is 11.9. The molecule has 0 saturated carbocycles. The smallest absolute Gasteiger partial charge is 0.410 e. The fraction of sp³-hybridized carbons (Fsp3) is 0.529. The molecule has 0 radical (unpaired) electrons. The minimum absolute atomic E-state index is 0.199. The summed E-state index contributed by atoms with van der Waals surface area (Å²) in [6.45, 7) is 2.33. The molecule has 1 aromatic carbocycles. The highest BCUT2D eigenvalue weighted by Crippen LogP contribution is 2.24. The first-order valence-corrected chi connectivity index (χ1v) is 8.27. The molecule has 0 aliphatic carbocycles. The van der Waals surface area contributed by atoms with E-state index in [0.717, 1.165) is 18.4 Å². The zero-order chi connectivity index (χ0) is 18.7. The number of alkyl carbamates (subject to hydrolysis) is 1. The number of amides is 1. The van der Waals surface area contributed by atoms with Gasteiger partial charge in [0.05, 0.1) is 0 Å². The van der Waals surface area contributed by atoms with Crippen LogP contribution in [-0.2, 0) is 20.7 Å². The van der Waals surface area contributed by atoms with Crippen molar-refractivity contribution in [3.63, 3.8) is 0 Å². The van der Waals surface area contributed by atoms with Crippen LogP contribution in [-0.4, -0.2) is 41.7 Å². The van der Waals surface area contributed by atoms with Gasteiger partial charge in [0.1, 0.15) is 0 Å². The predicted octanol–water partition coefficient (Wildman–Crippen LogP) is 1.77. The van der Waals surface area contributed by atoms with E-state index in [0.29, 0.717) is 19.4 Å². The first-order valence-electron chi connectivity index (χ1n) is 8.27. The van der Waals surface area contributed by atoms with E-state index in [1.54, 1.807) is 6.07 Å². The summed E-state index contributed by atoms with van der Waals surface area (Å²) in [5.41, 5.74) is 6.11. The molecule has 1 unspecified atom stereocenters. The van der Waals surface area contributed by atoms with Crippen molar-refractivity contribution in [1.29, 1.82) is 0 Å². The molecule has 0 saturated heterocycles. The van der Waals surface area contributed by atoms with Crippen LogP contribution in [0.4, 0.5) is 4.79 Å². The van der Waals surface area contributed by atoms with E-state index < -0.39 is 18.4 Å². The van der Waals surface area contributed by atoms with Gasteiger partial charge >= 0.3 is 12.1 Å². The Morgan fingerprint density at radius 1 is 1.16 bits per heavy atom. The number of phenolic OH excluding ortho intramolecular Hbond substituents is 2. The lowest BCUT2D eigenvalue weighted by atomic mass is 10.1. The van der Waals surface area contributed by atoms with E-state index in [1.165, 1.54) is 19.1 Å². The average molecular weight is 354 g/mol. The highest BCUT2D eigenvalue weighted by atomic mass is 16.7. The lowest BCUT2D eigenvalue weighted by molar-refractivity contribution is -0.164. The maximum absolute atomic E-state index is 11.6. The second-order valence-corrected chi connectivity index (χ2v) is 5.56. The molecule has 0 heterocycles. The molecule has 5 N–H and O–H groups in total. The summed E-state index contributed by atoms with van der Waals surface area (Å²) >= 11 is 0. The molecular formula is C17H26N2O6. The monoisotopic (exact) mass is 354 g/mol. The number of unbranched alkanes of at least 4 members (excludes halogenated alkanes) is 2. The Balaban J connectivity index is 2.20. The van der Waals surface area contributed by atoms with E-state index in [4.69, 9.17) is 15.2 Å². The van der Waals surface area contributed by atoms with Crippen LogP contribution in [0.25, 0.3) is 0 Å². The van der Waals surface area contributed by atoms with Crippen molar-refractivity contribution in [3.05, 3.63) is 23.8 Å². The summed E-state index contributed by atoms with van der Waals surface area (Å²) in [6.07, 6.45) is 1.44. The summed E-state index contributed by atoms with van der Waals surface area (Å²) in [4.78, 5) is 23.2. The lowest BCUT2D eigenvalue weighted by Gasteiger charge is -2.14. The number of nitrogens with two attached hydrogens (primary N) is 1. The third-order valence-corrected chi connectivity index (χ3v) is 3.38. The molecule has 1 atom stereocenters. The van der Waals surface area contributed by atoms with Gasteiger partial charge in [-0.2, -0.15) is 0 Å². The Labute approximate surface area is 146 Å². The lowest BCUT2D eigenvalue weighted by Crippen LogP contribution is -2.31. The Morgan fingerprint density at radius 2 is 1.92 bits per heavy atom. The molecule has 0 spiro atoms. The fourth-order valence-electron chi connectivity index (χ4n) is 2.08. The summed E-state index contributed by atoms with van der Waals surface area (Å²) in [7, 11) is 0. The van der Waals surface area contributed by atoms with Crippen molar-refractivity contribution >= 4 is 12.1 Å². The highest BCUT2D eigenvalue weighted by molar-refractivity contribution is 5.70. The van der Waals surface area contributed by atoms with Crippen LogP contribution in [0.5, 0.6) is 11.5 Å². The number of carbonyl (C=O) groups is 2. The van der Waals surface area contributed by atoms with Gasteiger partial charge in [0.2, 0.25) is 6.29 Å². The molecule has 0 aliphatic heterocycles. The minimum atomic E-state index is -0.972. The van der Waals surface area contributed by atoms with Crippen LogP contribution >= 0.6 is 0 Å². The van der Waals surface area contributed by atoms with Crippen LogP contribution in [0.3, 0.4) is 0 Å². The van der Waals surface area contributed by atoms with Gasteiger partial charge in [0.25, 0.3) is 0 Å². The third-order valence-electron chi connectivity index (χ3n) is 3.38. The maximum Gasteiger partial charge on any atom is 0.410 e. The van der Waals surface area contributed by atoms with Gasteiger partial charge < -0.3 is 30.7 Å². The van der Waals surface area contributed by atoms with Gasteiger partial charge in [-0.1, -0.05) is 12.5 Å². The van der Waals surface area contributed by atoms with Crippen molar-refractivity contribution in [2.75, 3.05) is 13.1 Å². The number of rotatable bonds is 10. The van der Waals surface area contributed by atoms with Crippen molar-refractivity contribution in [2.24, 2.45) is 5.73 Å². The number of hydrogen-bond acceptors (Lipinski definition) is 7. The molecule has 1 amide bonds. The number of hydrogen-bond donors (Lipinski definition) is 4. The Kier molecular flexibility index (Phi) is 9.16. The normalized spacial score (nSPS) is 11.6. The fourth-order valence-corrected chi connectivity index (χ4v) is 2.08. The molecule has 0 fully saturated rings. The SMILES string of the molecule is CC(OC(=O)CCCCCN)OC(=O)NCCc1ccc(O)c(O)c1. The number of benzene rings is 1. The van der Waals surface area contributed by atoms with Crippen molar-refractivity contribution < 1.29 is 29.3 Å². The summed E-state index contributed by atoms with van der Waals surface area (Å²) < 4.78 is 9.91. The van der Waals surface area contributed by atoms with E-state index in [1.807, 2.05) is 0 Å². The summed E-state index contributed by atoms with van der Waals surface area (Å²) in [6, 6.07) is 4.42. The quantitative estimate of drug-likeness (QED) is 0.218. The molecule has 1 aromatic rings. The second-order valence-electron chi connectivity index (χ2n) is 5.56. The van der Waals surface area contributed by atoms with E-state index in [9.17, 15) is 19.8 Å². The zero-order valence-corrected chi connectivity index (χ0v) is 14.4. The Morgan fingerprint density at radius 3 is 2.60 bits per heavy atom. The zero-order valence-electron chi connectivity index (χ0n) is 14.4. The van der Waals surface area contributed by atoms with Gasteiger partial charge in [0, 0.05) is 19.9 Å². The molecule has 25 heavy (non-hydrogen) atoms. The number of ether oxygens (including phenoxy) is 2. The van der Waals surface area contributed by atoms with E-state index in [2.05, 4.69) is 5.32 Å². The number of phenols is 2. The number of aromatic hydroxyl groups is 2. The maximum atomic E-state index is 11.6. The molecule has 1 rings (SSSR count). The van der Waals surface area contributed by atoms with Crippen LogP contribution in [0.15, 0.2) is 18.2 Å². The van der Waals surface area contributed by atoms with Crippen LogP contribution in [0, 0.1) is 0 Å². The molecule has 0 aliphatic rings. The largest absolute Gasteiger partial charge is 0.504 e. The molecule has 8 heteroatoms. The first kappa shape index (κ1) is 20.6.